The number of carbonyl (C=O) groups excluding carboxylic acids is 1. The van der Waals surface area contributed by atoms with Crippen LogP contribution in [0, 0.1) is 0 Å². The molecular formula is C30H43N5O3S. The van der Waals surface area contributed by atoms with E-state index in [1.165, 1.54) is 17.8 Å². The number of rotatable bonds is 17. The summed E-state index contributed by atoms with van der Waals surface area (Å²) < 4.78 is 0. The highest BCUT2D eigenvalue weighted by molar-refractivity contribution is 7.17. The van der Waals surface area contributed by atoms with Crippen LogP contribution in [0.2, 0.25) is 0 Å². The quantitative estimate of drug-likeness (QED) is 0.0541. The van der Waals surface area contributed by atoms with E-state index in [1.807, 2.05) is 43.3 Å². The predicted molar refractivity (Wildman–Crippen MR) is 159 cm³/mol. The molecule has 3 rings (SSSR count). The van der Waals surface area contributed by atoms with Crippen molar-refractivity contribution in [2.24, 2.45) is 0 Å². The summed E-state index contributed by atoms with van der Waals surface area (Å²) in [6, 6.07) is 9.71. The van der Waals surface area contributed by atoms with Crippen molar-refractivity contribution in [3.63, 3.8) is 0 Å². The Balaban J connectivity index is 0.000000411. The smallest absolute Gasteiger partial charge is 0.174 e. The summed E-state index contributed by atoms with van der Waals surface area (Å²) in [6.07, 6.45) is 11.9. The number of imidazole rings is 1. The van der Waals surface area contributed by atoms with E-state index in [1.54, 1.807) is 6.08 Å². The largest absolute Gasteiger partial charge is 0.366 e. The van der Waals surface area contributed by atoms with E-state index in [2.05, 4.69) is 47.3 Å². The molecule has 0 aliphatic carbocycles. The zero-order valence-corrected chi connectivity index (χ0v) is 24.2. The van der Waals surface area contributed by atoms with Crippen LogP contribution in [-0.4, -0.2) is 39.2 Å². The topological polar surface area (TPSA) is 112 Å². The van der Waals surface area contributed by atoms with E-state index in [0.717, 1.165) is 78.4 Å². The summed E-state index contributed by atoms with van der Waals surface area (Å²) in [7, 11) is 0. The van der Waals surface area contributed by atoms with Gasteiger partial charge in [-0.05, 0) is 43.5 Å². The lowest BCUT2D eigenvalue weighted by Gasteiger charge is -2.10. The van der Waals surface area contributed by atoms with E-state index < -0.39 is 6.29 Å². The molecule has 212 valence electrons. The standard InChI is InChI=1S/C22H24N4OS.C8H19NO2/c1-3-5-6-9-19-18(4-2)25-22(26-19)14-23-13-16-8-7-10-20(24-16)21-12-11-17(15-27)28-21;1-3-5-6-7-8(10)11-9-4-2/h3,5-8,10-12,15,23H,1,4,9,13-14H2,2H3,(H,25,26);8-10H,3-7H2,1-2H3/b6-5-;. The summed E-state index contributed by atoms with van der Waals surface area (Å²) in [4.78, 5) is 30.2. The molecular weight excluding hydrogens is 510 g/mol. The molecule has 3 aromatic rings. The van der Waals surface area contributed by atoms with Gasteiger partial charge in [0.05, 0.1) is 33.4 Å². The van der Waals surface area contributed by atoms with Crippen molar-refractivity contribution >= 4 is 17.6 Å². The van der Waals surface area contributed by atoms with Crippen molar-refractivity contribution in [3.05, 3.63) is 82.9 Å². The number of nitrogens with one attached hydrogen (secondary N) is 3. The van der Waals surface area contributed by atoms with E-state index in [0.29, 0.717) is 18.0 Å². The van der Waals surface area contributed by atoms with Crippen LogP contribution < -0.4 is 10.8 Å². The summed E-state index contributed by atoms with van der Waals surface area (Å²) in [5, 5.41) is 12.5. The fourth-order valence-corrected chi connectivity index (χ4v) is 4.51. The van der Waals surface area contributed by atoms with Gasteiger partial charge in [0.2, 0.25) is 0 Å². The number of hydrogen-bond donors (Lipinski definition) is 4. The minimum absolute atomic E-state index is 0.638. The first-order chi connectivity index (χ1) is 19.0. The number of unbranched alkanes of at least 4 members (excludes halogenated alkanes) is 2. The van der Waals surface area contributed by atoms with Gasteiger partial charge in [-0.2, -0.15) is 5.48 Å². The maximum absolute atomic E-state index is 10.9. The number of H-pyrrole nitrogens is 1. The first-order valence-corrected chi connectivity index (χ1v) is 14.5. The Hall–Kier alpha value is -2.95. The molecule has 0 aliphatic rings. The van der Waals surface area contributed by atoms with Crippen LogP contribution in [0.3, 0.4) is 0 Å². The lowest BCUT2D eigenvalue weighted by molar-refractivity contribution is -0.148. The molecule has 39 heavy (non-hydrogen) atoms. The van der Waals surface area contributed by atoms with E-state index >= 15 is 0 Å². The Bertz CT molecular complexity index is 1140. The van der Waals surface area contributed by atoms with Crippen LogP contribution in [0.25, 0.3) is 10.6 Å². The molecule has 3 heterocycles. The Labute approximate surface area is 236 Å². The highest BCUT2D eigenvalue weighted by Gasteiger charge is 2.08. The number of pyridine rings is 1. The van der Waals surface area contributed by atoms with Crippen molar-refractivity contribution in [1.82, 2.24) is 25.7 Å². The third-order valence-corrected chi connectivity index (χ3v) is 6.69. The molecule has 0 spiro atoms. The van der Waals surface area contributed by atoms with Crippen molar-refractivity contribution in [3.8, 4) is 10.6 Å². The highest BCUT2D eigenvalue weighted by atomic mass is 32.1. The van der Waals surface area contributed by atoms with Gasteiger partial charge in [0, 0.05) is 25.2 Å². The summed E-state index contributed by atoms with van der Waals surface area (Å²) in [5.41, 5.74) is 6.73. The summed E-state index contributed by atoms with van der Waals surface area (Å²) in [6.45, 7) is 11.9. The molecule has 0 saturated heterocycles. The molecule has 9 heteroatoms. The number of aromatic nitrogens is 3. The minimum Gasteiger partial charge on any atom is -0.366 e. The van der Waals surface area contributed by atoms with Crippen molar-refractivity contribution < 1.29 is 14.7 Å². The van der Waals surface area contributed by atoms with Crippen molar-refractivity contribution in [1.29, 1.82) is 0 Å². The van der Waals surface area contributed by atoms with E-state index in [4.69, 9.17) is 14.9 Å². The van der Waals surface area contributed by atoms with Gasteiger partial charge in [-0.25, -0.2) is 4.98 Å². The van der Waals surface area contributed by atoms with E-state index in [9.17, 15) is 4.79 Å². The number of hydrogen-bond acceptors (Lipinski definition) is 8. The number of aliphatic hydroxyl groups excluding tert-OH is 1. The van der Waals surface area contributed by atoms with Crippen LogP contribution >= 0.6 is 11.3 Å². The average Bonchev–Trinajstić information content (AvgIpc) is 3.60. The van der Waals surface area contributed by atoms with Gasteiger partial charge in [0.25, 0.3) is 0 Å². The highest BCUT2D eigenvalue weighted by Crippen LogP contribution is 2.25. The molecule has 0 radical (unpaired) electrons. The maximum Gasteiger partial charge on any atom is 0.174 e. The van der Waals surface area contributed by atoms with E-state index in [-0.39, 0.29) is 0 Å². The molecule has 0 aliphatic heterocycles. The molecule has 1 atom stereocenters. The molecule has 0 amide bonds. The van der Waals surface area contributed by atoms with Crippen LogP contribution in [0.15, 0.2) is 55.1 Å². The fraction of sp³-hybridized carbons (Fsp3) is 0.433. The lowest BCUT2D eigenvalue weighted by atomic mass is 10.2. The number of aromatic amines is 1. The normalized spacial score (nSPS) is 11.8. The third-order valence-electron chi connectivity index (χ3n) is 5.66. The molecule has 0 fully saturated rings. The van der Waals surface area contributed by atoms with Gasteiger partial charge in [-0.1, -0.05) is 64.5 Å². The van der Waals surface area contributed by atoms with Gasteiger partial charge in [-0.3, -0.25) is 14.6 Å². The molecule has 3 aromatic heterocycles. The number of allylic oxidation sites excluding steroid dienone is 3. The van der Waals surface area contributed by atoms with Crippen molar-refractivity contribution in [2.75, 3.05) is 6.54 Å². The maximum atomic E-state index is 10.9. The fourth-order valence-electron chi connectivity index (χ4n) is 3.72. The zero-order valence-electron chi connectivity index (χ0n) is 23.4. The van der Waals surface area contributed by atoms with Gasteiger partial charge in [0.15, 0.2) is 12.6 Å². The summed E-state index contributed by atoms with van der Waals surface area (Å²) >= 11 is 1.45. The Kier molecular flexibility index (Phi) is 15.9. The lowest BCUT2D eigenvalue weighted by Crippen LogP contribution is -2.23. The molecule has 8 nitrogen and oxygen atoms in total. The molecule has 1 unspecified atom stereocenters. The average molecular weight is 554 g/mol. The number of thiophene rings is 1. The van der Waals surface area contributed by atoms with Crippen LogP contribution in [0.1, 0.15) is 79.0 Å². The molecule has 0 bridgehead atoms. The molecule has 4 N–H and O–H groups in total. The van der Waals surface area contributed by atoms with Crippen LogP contribution in [0.5, 0.6) is 0 Å². The van der Waals surface area contributed by atoms with Gasteiger partial charge in [-0.15, -0.1) is 11.3 Å². The first-order valence-electron chi connectivity index (χ1n) is 13.7. The second-order valence-corrected chi connectivity index (χ2v) is 9.95. The first kappa shape index (κ1) is 32.3. The van der Waals surface area contributed by atoms with Crippen LogP contribution in [-0.2, 0) is 30.8 Å². The van der Waals surface area contributed by atoms with Gasteiger partial charge >= 0.3 is 0 Å². The zero-order chi connectivity index (χ0) is 28.3. The monoisotopic (exact) mass is 553 g/mol. The predicted octanol–water partition coefficient (Wildman–Crippen LogP) is 5.91. The number of hydroxylamine groups is 1. The SMILES string of the molecule is C=C/C=C\Cc1[nH]c(CNCc2cccc(-c3ccc(C=O)s3)n2)nc1CC.CCCCCC(O)ONCC. The number of nitrogens with zero attached hydrogens (tertiary/aromatic N) is 2. The molecule has 0 aromatic carbocycles. The number of carbonyl (C=O) groups is 1. The Morgan fingerprint density at radius 3 is 2.69 bits per heavy atom. The van der Waals surface area contributed by atoms with Crippen molar-refractivity contribution in [2.45, 2.75) is 78.7 Å². The Morgan fingerprint density at radius 1 is 1.15 bits per heavy atom. The Morgan fingerprint density at radius 2 is 2.00 bits per heavy atom. The molecule has 0 saturated carbocycles. The second-order valence-electron chi connectivity index (χ2n) is 8.83. The second kappa shape index (κ2) is 19.2. The number of aryl methyl sites for hydroxylation is 1. The third kappa shape index (κ3) is 12.2. The minimum atomic E-state index is -0.638. The van der Waals surface area contributed by atoms with Gasteiger partial charge < -0.3 is 15.4 Å². The number of aliphatic hydroxyl groups is 1. The summed E-state index contributed by atoms with van der Waals surface area (Å²) in [5.74, 6) is 0.934. The van der Waals surface area contributed by atoms with Gasteiger partial charge in [0.1, 0.15) is 5.82 Å². The number of aldehydes is 1. The van der Waals surface area contributed by atoms with Crippen LogP contribution in [0.4, 0.5) is 0 Å².